The number of phenolic OH excluding ortho intramolecular Hbond substituents is 2. The first-order valence-corrected chi connectivity index (χ1v) is 5.06. The Morgan fingerprint density at radius 3 is 2.33 bits per heavy atom. The zero-order chi connectivity index (χ0) is 11.6. The van der Waals surface area contributed by atoms with E-state index in [0.29, 0.717) is 17.5 Å². The van der Waals surface area contributed by atoms with Crippen molar-refractivity contribution < 1.29 is 15.0 Å². The average Bonchev–Trinajstić information content (AvgIpc) is 2.16. The van der Waals surface area contributed by atoms with Gasteiger partial charge in [-0.2, -0.15) is 0 Å². The highest BCUT2D eigenvalue weighted by atomic mass is 16.3. The van der Waals surface area contributed by atoms with Crippen LogP contribution >= 0.6 is 0 Å². The van der Waals surface area contributed by atoms with E-state index in [2.05, 4.69) is 0 Å². The molecule has 0 amide bonds. The standard InChI is InChI=1S/C12H16O3/c1-4-10(13)9-5-8(7(2)3)11(14)6-12(9)15/h5-7,14-15H,4H2,1-3H3. The number of hydrogen-bond donors (Lipinski definition) is 2. The van der Waals surface area contributed by atoms with Gasteiger partial charge in [-0.3, -0.25) is 4.79 Å². The number of benzene rings is 1. The molecule has 3 heteroatoms. The van der Waals surface area contributed by atoms with E-state index in [-0.39, 0.29) is 23.2 Å². The van der Waals surface area contributed by atoms with Crippen LogP contribution in [0.1, 0.15) is 49.0 Å². The predicted octanol–water partition coefficient (Wildman–Crippen LogP) is 2.81. The van der Waals surface area contributed by atoms with Crippen molar-refractivity contribution >= 4 is 5.78 Å². The Balaban J connectivity index is 3.29. The third kappa shape index (κ3) is 2.29. The Morgan fingerprint density at radius 1 is 1.27 bits per heavy atom. The predicted molar refractivity (Wildman–Crippen MR) is 58.5 cm³/mol. The van der Waals surface area contributed by atoms with E-state index in [1.807, 2.05) is 13.8 Å². The lowest BCUT2D eigenvalue weighted by molar-refractivity contribution is 0.0985. The van der Waals surface area contributed by atoms with Crippen molar-refractivity contribution in [2.45, 2.75) is 33.1 Å². The molecule has 0 aliphatic heterocycles. The molecular weight excluding hydrogens is 192 g/mol. The van der Waals surface area contributed by atoms with E-state index in [1.165, 1.54) is 6.07 Å². The van der Waals surface area contributed by atoms with Gasteiger partial charge in [0.15, 0.2) is 5.78 Å². The van der Waals surface area contributed by atoms with E-state index < -0.39 is 0 Å². The van der Waals surface area contributed by atoms with E-state index in [9.17, 15) is 15.0 Å². The van der Waals surface area contributed by atoms with Gasteiger partial charge in [-0.05, 0) is 17.5 Å². The van der Waals surface area contributed by atoms with Crippen LogP contribution in [0, 0.1) is 0 Å². The second-order valence-corrected chi connectivity index (χ2v) is 3.86. The first-order valence-electron chi connectivity index (χ1n) is 5.06. The van der Waals surface area contributed by atoms with Crippen LogP contribution in [0.25, 0.3) is 0 Å². The minimum absolute atomic E-state index is 0.0372. The molecular formula is C12H16O3. The van der Waals surface area contributed by atoms with Crippen molar-refractivity contribution in [3.05, 3.63) is 23.3 Å². The Kier molecular flexibility index (Phi) is 3.35. The van der Waals surface area contributed by atoms with Crippen LogP contribution in [0.5, 0.6) is 11.5 Å². The molecule has 0 aliphatic carbocycles. The molecule has 0 aromatic heterocycles. The topological polar surface area (TPSA) is 57.5 Å². The molecule has 15 heavy (non-hydrogen) atoms. The van der Waals surface area contributed by atoms with Gasteiger partial charge in [0.05, 0.1) is 5.56 Å². The van der Waals surface area contributed by atoms with Crippen molar-refractivity contribution in [1.82, 2.24) is 0 Å². The van der Waals surface area contributed by atoms with Gasteiger partial charge in [0.2, 0.25) is 0 Å². The van der Waals surface area contributed by atoms with E-state index in [4.69, 9.17) is 0 Å². The number of carbonyl (C=O) groups is 1. The number of ketones is 1. The van der Waals surface area contributed by atoms with Crippen molar-refractivity contribution in [2.75, 3.05) is 0 Å². The first-order chi connectivity index (χ1) is 6.97. The van der Waals surface area contributed by atoms with Gasteiger partial charge in [0.25, 0.3) is 0 Å². The highest BCUT2D eigenvalue weighted by Gasteiger charge is 2.15. The van der Waals surface area contributed by atoms with Gasteiger partial charge < -0.3 is 10.2 Å². The summed E-state index contributed by atoms with van der Waals surface area (Å²) in [6, 6.07) is 2.80. The molecule has 0 heterocycles. The molecule has 0 spiro atoms. The van der Waals surface area contributed by atoms with Gasteiger partial charge in [-0.1, -0.05) is 20.8 Å². The number of carbonyl (C=O) groups excluding carboxylic acids is 1. The summed E-state index contributed by atoms with van der Waals surface area (Å²) in [6.07, 6.45) is 0.343. The van der Waals surface area contributed by atoms with Crippen LogP contribution in [0.2, 0.25) is 0 Å². The van der Waals surface area contributed by atoms with Crippen molar-refractivity contribution in [3.8, 4) is 11.5 Å². The molecule has 1 rings (SSSR count). The van der Waals surface area contributed by atoms with Crippen molar-refractivity contribution in [3.63, 3.8) is 0 Å². The van der Waals surface area contributed by atoms with Crippen LogP contribution in [-0.2, 0) is 0 Å². The quantitative estimate of drug-likeness (QED) is 0.751. The second kappa shape index (κ2) is 4.34. The SMILES string of the molecule is CCC(=O)c1cc(C(C)C)c(O)cc1O. The van der Waals surface area contributed by atoms with Crippen LogP contribution in [0.4, 0.5) is 0 Å². The van der Waals surface area contributed by atoms with E-state index >= 15 is 0 Å². The maximum absolute atomic E-state index is 11.5. The lowest BCUT2D eigenvalue weighted by atomic mass is 9.96. The number of hydrogen-bond acceptors (Lipinski definition) is 3. The van der Waals surface area contributed by atoms with Crippen molar-refractivity contribution in [2.24, 2.45) is 0 Å². The van der Waals surface area contributed by atoms with E-state index in [1.54, 1.807) is 13.0 Å². The molecule has 0 radical (unpaired) electrons. The zero-order valence-electron chi connectivity index (χ0n) is 9.24. The van der Waals surface area contributed by atoms with Gasteiger partial charge in [-0.15, -0.1) is 0 Å². The summed E-state index contributed by atoms with van der Waals surface area (Å²) in [5, 5.41) is 19.1. The van der Waals surface area contributed by atoms with Crippen LogP contribution in [0.3, 0.4) is 0 Å². The number of aromatic hydroxyl groups is 2. The molecule has 0 bridgehead atoms. The molecule has 0 atom stereocenters. The summed E-state index contributed by atoms with van der Waals surface area (Å²) in [6.45, 7) is 5.59. The van der Waals surface area contributed by atoms with Gasteiger partial charge >= 0.3 is 0 Å². The third-order valence-electron chi connectivity index (χ3n) is 2.39. The largest absolute Gasteiger partial charge is 0.508 e. The summed E-state index contributed by atoms with van der Waals surface area (Å²) in [5.74, 6) is -0.109. The van der Waals surface area contributed by atoms with Crippen LogP contribution < -0.4 is 0 Å². The fourth-order valence-electron chi connectivity index (χ4n) is 1.47. The highest BCUT2D eigenvalue weighted by Crippen LogP contribution is 2.32. The molecule has 1 aromatic rings. The highest BCUT2D eigenvalue weighted by molar-refractivity contribution is 5.98. The Labute approximate surface area is 89.4 Å². The molecule has 0 aliphatic rings. The van der Waals surface area contributed by atoms with Gasteiger partial charge in [0, 0.05) is 12.5 Å². The second-order valence-electron chi connectivity index (χ2n) is 3.86. The molecule has 0 saturated heterocycles. The number of Topliss-reactive ketones (excluding diaryl/α,β-unsaturated/α-hetero) is 1. The minimum atomic E-state index is -0.149. The van der Waals surface area contributed by atoms with Crippen LogP contribution in [0.15, 0.2) is 12.1 Å². The third-order valence-corrected chi connectivity index (χ3v) is 2.39. The fourth-order valence-corrected chi connectivity index (χ4v) is 1.47. The summed E-state index contributed by atoms with van der Waals surface area (Å²) in [7, 11) is 0. The molecule has 0 fully saturated rings. The monoisotopic (exact) mass is 208 g/mol. The Bertz CT molecular complexity index is 381. The van der Waals surface area contributed by atoms with Gasteiger partial charge in [0.1, 0.15) is 11.5 Å². The summed E-state index contributed by atoms with van der Waals surface area (Å²) < 4.78 is 0. The lowest BCUT2D eigenvalue weighted by Gasteiger charge is -2.11. The Morgan fingerprint density at radius 2 is 1.87 bits per heavy atom. The molecule has 82 valence electrons. The first kappa shape index (κ1) is 11.6. The van der Waals surface area contributed by atoms with Crippen molar-refractivity contribution in [1.29, 1.82) is 0 Å². The Hall–Kier alpha value is -1.51. The van der Waals surface area contributed by atoms with E-state index in [0.717, 1.165) is 0 Å². The molecule has 0 saturated carbocycles. The summed E-state index contributed by atoms with van der Waals surface area (Å²) in [5.41, 5.74) is 0.976. The summed E-state index contributed by atoms with van der Waals surface area (Å²) >= 11 is 0. The molecule has 3 nitrogen and oxygen atoms in total. The molecule has 1 aromatic carbocycles. The normalized spacial score (nSPS) is 10.7. The van der Waals surface area contributed by atoms with Crippen LogP contribution in [-0.4, -0.2) is 16.0 Å². The minimum Gasteiger partial charge on any atom is -0.508 e. The summed E-state index contributed by atoms with van der Waals surface area (Å²) in [4.78, 5) is 11.5. The molecule has 0 unspecified atom stereocenters. The molecule has 2 N–H and O–H groups in total. The number of rotatable bonds is 3. The van der Waals surface area contributed by atoms with Gasteiger partial charge in [-0.25, -0.2) is 0 Å². The zero-order valence-corrected chi connectivity index (χ0v) is 9.24. The fraction of sp³-hybridized carbons (Fsp3) is 0.417. The number of phenols is 2. The maximum Gasteiger partial charge on any atom is 0.166 e. The maximum atomic E-state index is 11.5. The smallest absolute Gasteiger partial charge is 0.166 e. The lowest BCUT2D eigenvalue weighted by Crippen LogP contribution is -2.00. The average molecular weight is 208 g/mol.